The average Bonchev–Trinajstić information content (AvgIpc) is 3.20. The lowest BCUT2D eigenvalue weighted by Crippen LogP contribution is -2.15. The van der Waals surface area contributed by atoms with Gasteiger partial charge in [-0.15, -0.1) is 0 Å². The van der Waals surface area contributed by atoms with E-state index in [0.717, 1.165) is 24.1 Å². The first-order chi connectivity index (χ1) is 11.6. The molecular weight excluding hydrogens is 309 g/mol. The van der Waals surface area contributed by atoms with Crippen molar-refractivity contribution >= 4 is 11.7 Å². The van der Waals surface area contributed by atoms with Gasteiger partial charge in [0.25, 0.3) is 5.91 Å². The van der Waals surface area contributed by atoms with Gasteiger partial charge >= 0.3 is 0 Å². The molecule has 7 heteroatoms. The summed E-state index contributed by atoms with van der Waals surface area (Å²) in [5, 5.41) is 9.85. The molecule has 24 heavy (non-hydrogen) atoms. The fourth-order valence-electron chi connectivity index (χ4n) is 2.62. The van der Waals surface area contributed by atoms with E-state index < -0.39 is 0 Å². The predicted molar refractivity (Wildman–Crippen MR) is 87.1 cm³/mol. The third-order valence-corrected chi connectivity index (χ3v) is 4.13. The van der Waals surface area contributed by atoms with Gasteiger partial charge in [-0.2, -0.15) is 5.10 Å². The number of halogens is 1. The van der Waals surface area contributed by atoms with Gasteiger partial charge in [0, 0.05) is 24.2 Å². The van der Waals surface area contributed by atoms with E-state index in [1.165, 1.54) is 12.1 Å². The minimum absolute atomic E-state index is 0.301. The van der Waals surface area contributed by atoms with E-state index in [1.54, 1.807) is 36.1 Å². The second-order valence-corrected chi connectivity index (χ2v) is 6.00. The number of carbonyl (C=O) groups is 1. The number of amides is 1. The zero-order valence-corrected chi connectivity index (χ0v) is 13.1. The van der Waals surface area contributed by atoms with E-state index in [-0.39, 0.29) is 11.7 Å². The first kappa shape index (κ1) is 14.6. The first-order valence-corrected chi connectivity index (χ1v) is 7.76. The van der Waals surface area contributed by atoms with Gasteiger partial charge in [0.05, 0.1) is 6.33 Å². The number of benzene rings is 1. The van der Waals surface area contributed by atoms with Crippen LogP contribution < -0.4 is 5.32 Å². The van der Waals surface area contributed by atoms with Crippen LogP contribution in [0.2, 0.25) is 0 Å². The van der Waals surface area contributed by atoms with Crippen molar-refractivity contribution in [2.45, 2.75) is 18.8 Å². The third-order valence-electron chi connectivity index (χ3n) is 4.13. The monoisotopic (exact) mass is 325 g/mol. The van der Waals surface area contributed by atoms with Crippen molar-refractivity contribution in [1.82, 2.24) is 19.7 Å². The van der Waals surface area contributed by atoms with E-state index in [1.807, 2.05) is 0 Å². The molecule has 4 rings (SSSR count). The Labute approximate surface area is 137 Å². The number of hydrogen-bond donors (Lipinski definition) is 2. The van der Waals surface area contributed by atoms with Crippen LogP contribution >= 0.6 is 0 Å². The summed E-state index contributed by atoms with van der Waals surface area (Å²) in [4.78, 5) is 16.8. The van der Waals surface area contributed by atoms with Crippen molar-refractivity contribution in [1.29, 1.82) is 0 Å². The van der Waals surface area contributed by atoms with E-state index in [2.05, 4.69) is 20.5 Å². The van der Waals surface area contributed by atoms with Crippen LogP contribution in [-0.4, -0.2) is 25.7 Å². The zero-order valence-electron chi connectivity index (χ0n) is 13.1. The molecule has 0 bridgehead atoms. The largest absolute Gasteiger partial charge is 0.320 e. The molecule has 122 valence electrons. The maximum Gasteiger partial charge on any atom is 0.277 e. The van der Waals surface area contributed by atoms with Crippen molar-refractivity contribution in [2.75, 3.05) is 5.32 Å². The van der Waals surface area contributed by atoms with Crippen LogP contribution in [0.15, 0.2) is 36.7 Å². The van der Waals surface area contributed by atoms with Gasteiger partial charge in [-0.3, -0.25) is 9.89 Å². The molecule has 0 spiro atoms. The van der Waals surface area contributed by atoms with E-state index >= 15 is 0 Å². The van der Waals surface area contributed by atoms with Gasteiger partial charge in [0.2, 0.25) is 0 Å². The number of carbonyl (C=O) groups excluding carboxylic acids is 1. The molecule has 6 nitrogen and oxygen atoms in total. The SMILES string of the molecule is Cn1cnc(-c2ccc(F)cc2)c1NC(=O)c1cc(C2CC2)[nH]n1. The maximum absolute atomic E-state index is 13.1. The number of aromatic amines is 1. The van der Waals surface area contributed by atoms with Crippen LogP contribution in [0.5, 0.6) is 0 Å². The van der Waals surface area contributed by atoms with Crippen molar-refractivity contribution in [2.24, 2.45) is 7.05 Å². The van der Waals surface area contributed by atoms with Crippen LogP contribution in [0.25, 0.3) is 11.3 Å². The Morgan fingerprint density at radius 1 is 1.33 bits per heavy atom. The number of imidazole rings is 1. The number of rotatable bonds is 4. The average molecular weight is 325 g/mol. The second-order valence-electron chi connectivity index (χ2n) is 6.00. The lowest BCUT2D eigenvalue weighted by molar-refractivity contribution is 0.102. The highest BCUT2D eigenvalue weighted by atomic mass is 19.1. The lowest BCUT2D eigenvalue weighted by Gasteiger charge is -2.07. The summed E-state index contributed by atoms with van der Waals surface area (Å²) >= 11 is 0. The number of nitrogens with one attached hydrogen (secondary N) is 2. The molecule has 0 radical (unpaired) electrons. The van der Waals surface area contributed by atoms with E-state index in [0.29, 0.717) is 23.1 Å². The van der Waals surface area contributed by atoms with Crippen molar-refractivity contribution in [3.05, 3.63) is 53.9 Å². The standard InChI is InChI=1S/C17H16FN5O/c1-23-9-19-15(11-4-6-12(18)7-5-11)16(23)20-17(24)14-8-13(21-22-14)10-2-3-10/h4-10H,2-3H2,1H3,(H,20,24)(H,21,22). The molecule has 1 aliphatic carbocycles. The van der Waals surface area contributed by atoms with Crippen molar-refractivity contribution < 1.29 is 9.18 Å². The van der Waals surface area contributed by atoms with Gasteiger partial charge in [0.15, 0.2) is 5.69 Å². The van der Waals surface area contributed by atoms with Crippen LogP contribution in [0.3, 0.4) is 0 Å². The number of nitrogens with zero attached hydrogens (tertiary/aromatic N) is 3. The smallest absolute Gasteiger partial charge is 0.277 e. The maximum atomic E-state index is 13.1. The van der Waals surface area contributed by atoms with Gasteiger partial charge in [0.1, 0.15) is 17.3 Å². The molecule has 0 saturated heterocycles. The summed E-state index contributed by atoms with van der Waals surface area (Å²) < 4.78 is 14.8. The molecule has 2 N–H and O–H groups in total. The molecular formula is C17H16FN5O. The number of aryl methyl sites for hydroxylation is 1. The molecule has 0 unspecified atom stereocenters. The van der Waals surface area contributed by atoms with Crippen molar-refractivity contribution in [3.63, 3.8) is 0 Å². The number of anilines is 1. The molecule has 2 heterocycles. The topological polar surface area (TPSA) is 75.6 Å². The van der Waals surface area contributed by atoms with Crippen molar-refractivity contribution in [3.8, 4) is 11.3 Å². The Morgan fingerprint density at radius 2 is 2.08 bits per heavy atom. The van der Waals surface area contributed by atoms with E-state index in [9.17, 15) is 9.18 Å². The highest BCUT2D eigenvalue weighted by molar-refractivity contribution is 6.04. The summed E-state index contributed by atoms with van der Waals surface area (Å²) in [6.07, 6.45) is 3.88. The quantitative estimate of drug-likeness (QED) is 0.774. The molecule has 1 aromatic carbocycles. The molecule has 0 atom stereocenters. The van der Waals surface area contributed by atoms with Crippen LogP contribution in [-0.2, 0) is 7.05 Å². The van der Waals surface area contributed by atoms with Gasteiger partial charge in [-0.05, 0) is 43.2 Å². The number of aromatic nitrogens is 4. The van der Waals surface area contributed by atoms with Crippen LogP contribution in [0.1, 0.15) is 34.9 Å². The Bertz CT molecular complexity index is 892. The number of hydrogen-bond acceptors (Lipinski definition) is 3. The Balaban J connectivity index is 1.60. The minimum Gasteiger partial charge on any atom is -0.320 e. The predicted octanol–water partition coefficient (Wildman–Crippen LogP) is 3.08. The fraction of sp³-hybridized carbons (Fsp3) is 0.235. The highest BCUT2D eigenvalue weighted by Gasteiger charge is 2.27. The minimum atomic E-state index is -0.315. The summed E-state index contributed by atoms with van der Waals surface area (Å²) in [7, 11) is 1.79. The normalized spacial score (nSPS) is 13.9. The van der Waals surface area contributed by atoms with Crippen LogP contribution in [0, 0.1) is 5.82 Å². The highest BCUT2D eigenvalue weighted by Crippen LogP contribution is 2.39. The molecule has 1 aliphatic rings. The molecule has 1 saturated carbocycles. The Morgan fingerprint density at radius 3 is 2.79 bits per heavy atom. The zero-order chi connectivity index (χ0) is 16.7. The second kappa shape index (κ2) is 5.59. The summed E-state index contributed by atoms with van der Waals surface area (Å²) in [6, 6.07) is 7.79. The summed E-state index contributed by atoms with van der Waals surface area (Å²) in [5.41, 5.74) is 2.67. The molecule has 1 fully saturated rings. The van der Waals surface area contributed by atoms with E-state index in [4.69, 9.17) is 0 Å². The molecule has 3 aromatic rings. The fourth-order valence-corrected chi connectivity index (χ4v) is 2.62. The first-order valence-electron chi connectivity index (χ1n) is 7.76. The molecule has 2 aromatic heterocycles. The Hall–Kier alpha value is -2.96. The molecule has 0 aliphatic heterocycles. The van der Waals surface area contributed by atoms with Gasteiger partial charge in [-0.1, -0.05) is 0 Å². The van der Waals surface area contributed by atoms with Gasteiger partial charge < -0.3 is 9.88 Å². The summed E-state index contributed by atoms with van der Waals surface area (Å²) in [6.45, 7) is 0. The van der Waals surface area contributed by atoms with Crippen LogP contribution in [0.4, 0.5) is 10.2 Å². The lowest BCUT2D eigenvalue weighted by atomic mass is 10.1. The summed E-state index contributed by atoms with van der Waals surface area (Å²) in [5.74, 6) is 0.433. The number of H-pyrrole nitrogens is 1. The Kier molecular flexibility index (Phi) is 3.41. The third kappa shape index (κ3) is 2.68. The van der Waals surface area contributed by atoms with Gasteiger partial charge in [-0.25, -0.2) is 9.37 Å². The molecule has 1 amide bonds.